The lowest BCUT2D eigenvalue weighted by molar-refractivity contribution is -0.143. The molecule has 3 aliphatic heterocycles. The number of phenols is 4. The van der Waals surface area contributed by atoms with E-state index in [1.165, 1.54) is 48.5 Å². The Balaban J connectivity index is 1.39. The molecule has 0 saturated heterocycles. The van der Waals surface area contributed by atoms with Crippen LogP contribution in [0.2, 0.25) is 10.0 Å². The van der Waals surface area contributed by atoms with Crippen LogP contribution in [0.5, 0.6) is 46.0 Å². The zero-order valence-electron chi connectivity index (χ0n) is 32.1. The number of carboxylic acids is 2. The van der Waals surface area contributed by atoms with Crippen LogP contribution < -0.4 is 36.9 Å². The highest BCUT2D eigenvalue weighted by atomic mass is 35.5. The van der Waals surface area contributed by atoms with Crippen molar-refractivity contribution in [3.8, 4) is 57.1 Å². The summed E-state index contributed by atoms with van der Waals surface area (Å²) in [6, 6.07) is 6.66. The summed E-state index contributed by atoms with van der Waals surface area (Å²) in [5.41, 5.74) is 11.2. The number of halogens is 2. The molecule has 63 heavy (non-hydrogen) atoms. The summed E-state index contributed by atoms with van der Waals surface area (Å²) in [7, 11) is 0. The normalized spacial score (nSPS) is 20.1. The third-order valence-corrected chi connectivity index (χ3v) is 10.8. The first kappa shape index (κ1) is 43.8. The minimum atomic E-state index is -2.07. The third-order valence-electron chi connectivity index (χ3n) is 10.3. The second-order valence-electron chi connectivity index (χ2n) is 14.5. The van der Waals surface area contributed by atoms with Gasteiger partial charge < -0.3 is 72.6 Å². The number of amides is 3. The molecule has 0 fully saturated rings. The molecule has 5 aromatic rings. The number of nitrogens with one attached hydrogen (secondary N) is 3. The zero-order chi connectivity index (χ0) is 45.6. The molecule has 3 aliphatic rings. The Hall–Kier alpha value is -7.29. The average Bonchev–Trinajstić information content (AvgIpc) is 3.22. The number of ether oxygens (including phenoxy) is 2. The van der Waals surface area contributed by atoms with Crippen LogP contribution in [0, 0.1) is 0 Å². The number of hydrogen-bond acceptors (Lipinski definition) is 14. The van der Waals surface area contributed by atoms with E-state index in [4.69, 9.17) is 44.1 Å². The minimum absolute atomic E-state index is 0.0222. The summed E-state index contributed by atoms with van der Waals surface area (Å²) < 4.78 is 11.9. The van der Waals surface area contributed by atoms with Crippen LogP contribution in [0.15, 0.2) is 78.9 Å². The van der Waals surface area contributed by atoms with E-state index < -0.39 is 94.5 Å². The zero-order valence-corrected chi connectivity index (χ0v) is 33.6. The number of benzene rings is 5. The maximum Gasteiger partial charge on any atom is 0.330 e. The molecular formula is C42H35Cl2N5O14. The van der Waals surface area contributed by atoms with Crippen molar-refractivity contribution in [1.29, 1.82) is 0 Å². The first-order valence-electron chi connectivity index (χ1n) is 18.6. The fourth-order valence-electron chi connectivity index (χ4n) is 7.05. The van der Waals surface area contributed by atoms with Gasteiger partial charge in [0.2, 0.25) is 23.5 Å². The van der Waals surface area contributed by atoms with E-state index in [0.29, 0.717) is 5.56 Å². The fourth-order valence-corrected chi connectivity index (χ4v) is 7.52. The molecule has 0 aliphatic carbocycles. The SMILES string of the molecule is N[C@H](Cc1ccc(Oc2cc3cc(c2O)Oc2ccc(cc2Cl)[C@@H](O)[C@@H]2NC(=O)[C@H](NC(=O)[C@H]3N)c3ccc(O)c(c3)-c3c(O)cc(O)cc3C(C(=O)O)NC2=O)c(Cl)c1)C(=O)O. The predicted octanol–water partition coefficient (Wildman–Crippen LogP) is 3.67. The Kier molecular flexibility index (Phi) is 12.0. The third kappa shape index (κ3) is 8.76. The summed E-state index contributed by atoms with van der Waals surface area (Å²) in [4.78, 5) is 66.7. The number of fused-ring (bicyclic) bond motifs is 8. The van der Waals surface area contributed by atoms with E-state index in [9.17, 15) is 59.7 Å². The van der Waals surface area contributed by atoms with Crippen molar-refractivity contribution >= 4 is 52.9 Å². The molecule has 14 N–H and O–H groups in total. The van der Waals surface area contributed by atoms with E-state index in [-0.39, 0.29) is 67.3 Å². The van der Waals surface area contributed by atoms with Gasteiger partial charge in [0.15, 0.2) is 17.5 Å². The second kappa shape index (κ2) is 17.2. The Morgan fingerprint density at radius 3 is 2.16 bits per heavy atom. The average molecular weight is 905 g/mol. The molecular weight excluding hydrogens is 869 g/mol. The van der Waals surface area contributed by atoms with Gasteiger partial charge in [0, 0.05) is 22.8 Å². The topological polar surface area (TPSA) is 334 Å². The second-order valence-corrected chi connectivity index (χ2v) is 15.3. The molecule has 8 rings (SSSR count). The number of carbonyl (C=O) groups is 5. The van der Waals surface area contributed by atoms with Crippen LogP contribution in [0.1, 0.15) is 52.0 Å². The first-order valence-corrected chi connectivity index (χ1v) is 19.3. The lowest BCUT2D eigenvalue weighted by Crippen LogP contribution is -2.54. The largest absolute Gasteiger partial charge is 0.508 e. The Morgan fingerprint density at radius 1 is 0.746 bits per heavy atom. The van der Waals surface area contributed by atoms with E-state index in [1.54, 1.807) is 0 Å². The monoisotopic (exact) mass is 903 g/mol. The van der Waals surface area contributed by atoms with Crippen molar-refractivity contribution in [1.82, 2.24) is 16.0 Å². The van der Waals surface area contributed by atoms with Gasteiger partial charge in [0.05, 0.1) is 10.0 Å². The maximum atomic E-state index is 14.4. The molecule has 8 bridgehead atoms. The van der Waals surface area contributed by atoms with Gasteiger partial charge in [-0.25, -0.2) is 4.79 Å². The van der Waals surface area contributed by atoms with Crippen LogP contribution in [0.25, 0.3) is 11.1 Å². The number of aliphatic carboxylic acids is 2. The van der Waals surface area contributed by atoms with Crippen LogP contribution in [0.3, 0.4) is 0 Å². The summed E-state index contributed by atoms with van der Waals surface area (Å²) in [5, 5.41) is 82.2. The number of aromatic hydroxyl groups is 4. The quantitative estimate of drug-likeness (QED) is 0.116. The molecule has 326 valence electrons. The number of carbonyl (C=O) groups excluding carboxylic acids is 3. The molecule has 1 unspecified atom stereocenters. The summed E-state index contributed by atoms with van der Waals surface area (Å²) >= 11 is 13.1. The number of aliphatic hydroxyl groups excluding tert-OH is 1. The van der Waals surface area contributed by atoms with Crippen molar-refractivity contribution < 1.29 is 69.2 Å². The number of phenolic OH excluding ortho intramolecular Hbond substituents is 4. The van der Waals surface area contributed by atoms with E-state index >= 15 is 0 Å². The van der Waals surface area contributed by atoms with Gasteiger partial charge in [0.1, 0.15) is 59.0 Å². The van der Waals surface area contributed by atoms with Gasteiger partial charge in [0.25, 0.3) is 0 Å². The van der Waals surface area contributed by atoms with Crippen LogP contribution in [-0.4, -0.2) is 77.5 Å². The smallest absolute Gasteiger partial charge is 0.330 e. The summed E-state index contributed by atoms with van der Waals surface area (Å²) in [6.07, 6.45) is -2.07. The molecule has 0 aromatic heterocycles. The highest BCUT2D eigenvalue weighted by molar-refractivity contribution is 6.32. The standard InChI is InChI=1S/C42H35Cl2N5O14/c43-22-7-15(8-24(45)41(58)59)1-5-27(22)62-29-11-18-12-30(37(29)54)63-28-6-3-17(10-23(28)44)36(53)35-40(57)48-34(42(60)61)21-13-19(50)14-26(52)31(21)20-9-16(2-4-25(20)51)33(39(56)49-35)47-38(55)32(18)46/h1-7,9-14,24,32-36,50-54H,8,45-46H2,(H,47,55)(H,48,57)(H,49,56)(H,58,59)(H,60,61)/t24-,32+,33-,34?,35+,36-/m1/s1. The molecule has 0 radical (unpaired) electrons. The van der Waals surface area contributed by atoms with Crippen LogP contribution >= 0.6 is 23.2 Å². The van der Waals surface area contributed by atoms with Crippen LogP contribution in [-0.2, 0) is 30.4 Å². The Morgan fingerprint density at radius 2 is 1.48 bits per heavy atom. The first-order chi connectivity index (χ1) is 29.8. The van der Waals surface area contributed by atoms with Crippen molar-refractivity contribution in [3.05, 3.63) is 117 Å². The van der Waals surface area contributed by atoms with Gasteiger partial charge in [-0.05, 0) is 83.3 Å². The van der Waals surface area contributed by atoms with E-state index in [2.05, 4.69) is 16.0 Å². The van der Waals surface area contributed by atoms with E-state index in [1.807, 2.05) is 0 Å². The molecule has 6 atom stereocenters. The predicted molar refractivity (Wildman–Crippen MR) is 221 cm³/mol. The lowest BCUT2D eigenvalue weighted by atomic mass is 9.89. The highest BCUT2D eigenvalue weighted by Gasteiger charge is 2.39. The summed E-state index contributed by atoms with van der Waals surface area (Å²) in [6.45, 7) is 0. The number of carboxylic acid groups (broad SMARTS) is 2. The van der Waals surface area contributed by atoms with Crippen molar-refractivity contribution in [2.75, 3.05) is 0 Å². The fraction of sp³-hybridized carbons (Fsp3) is 0.167. The molecule has 21 heteroatoms. The van der Waals surface area contributed by atoms with Gasteiger partial charge in [-0.2, -0.15) is 0 Å². The lowest BCUT2D eigenvalue weighted by Gasteiger charge is -2.30. The van der Waals surface area contributed by atoms with Crippen molar-refractivity contribution in [2.45, 2.75) is 42.7 Å². The van der Waals surface area contributed by atoms with Gasteiger partial charge in [-0.3, -0.25) is 19.2 Å². The van der Waals surface area contributed by atoms with Crippen LogP contribution in [0.4, 0.5) is 0 Å². The maximum absolute atomic E-state index is 14.4. The Bertz CT molecular complexity index is 2730. The van der Waals surface area contributed by atoms with Gasteiger partial charge >= 0.3 is 11.9 Å². The molecule has 0 spiro atoms. The van der Waals surface area contributed by atoms with Crippen molar-refractivity contribution in [2.24, 2.45) is 11.5 Å². The Labute approximate surface area is 365 Å². The molecule has 19 nitrogen and oxygen atoms in total. The minimum Gasteiger partial charge on any atom is -0.508 e. The summed E-state index contributed by atoms with van der Waals surface area (Å²) in [5.74, 6) is -9.92. The highest BCUT2D eigenvalue weighted by Crippen LogP contribution is 2.47. The van der Waals surface area contributed by atoms with Gasteiger partial charge in [-0.15, -0.1) is 0 Å². The molecule has 0 saturated carbocycles. The molecule has 5 aromatic carbocycles. The molecule has 3 amide bonds. The van der Waals surface area contributed by atoms with Gasteiger partial charge in [-0.1, -0.05) is 41.4 Å². The van der Waals surface area contributed by atoms with Crippen molar-refractivity contribution in [3.63, 3.8) is 0 Å². The number of rotatable bonds is 6. The number of aliphatic hydroxyl groups is 1. The van der Waals surface area contributed by atoms with E-state index in [0.717, 1.165) is 30.3 Å². The number of hydrogen-bond donors (Lipinski definition) is 12. The number of nitrogens with two attached hydrogens (primary N) is 2. The molecule has 3 heterocycles.